The minimum atomic E-state index is -0.233. The molecule has 0 fully saturated rings. The van der Waals surface area contributed by atoms with Gasteiger partial charge >= 0.3 is 0 Å². The van der Waals surface area contributed by atoms with Crippen LogP contribution in [0.15, 0.2) is 36.5 Å². The van der Waals surface area contributed by atoms with Gasteiger partial charge in [-0.05, 0) is 30.7 Å². The highest BCUT2D eigenvalue weighted by atomic mass is 19.1. The highest BCUT2D eigenvalue weighted by Gasteiger charge is 2.07. The van der Waals surface area contributed by atoms with Crippen LogP contribution in [-0.2, 0) is 0 Å². The average molecular weight is 211 g/mol. The number of aromatic nitrogens is 1. The first kappa shape index (κ1) is 10.4. The van der Waals surface area contributed by atoms with Gasteiger partial charge in [-0.1, -0.05) is 18.1 Å². The molecule has 0 saturated carbocycles. The fourth-order valence-corrected chi connectivity index (χ4v) is 1.48. The monoisotopic (exact) mass is 211 g/mol. The van der Waals surface area contributed by atoms with Crippen LogP contribution in [0.1, 0.15) is 11.1 Å². The first-order chi connectivity index (χ1) is 7.72. The Morgan fingerprint density at radius 3 is 2.69 bits per heavy atom. The van der Waals surface area contributed by atoms with E-state index in [-0.39, 0.29) is 5.82 Å². The van der Waals surface area contributed by atoms with Crippen LogP contribution in [-0.4, -0.2) is 4.98 Å². The van der Waals surface area contributed by atoms with E-state index < -0.39 is 0 Å². The second-order valence-corrected chi connectivity index (χ2v) is 3.51. The Morgan fingerprint density at radius 1 is 1.25 bits per heavy atom. The van der Waals surface area contributed by atoms with Crippen molar-refractivity contribution in [2.75, 3.05) is 0 Å². The smallest absolute Gasteiger partial charge is 0.135 e. The van der Waals surface area contributed by atoms with Gasteiger partial charge in [-0.15, -0.1) is 6.42 Å². The van der Waals surface area contributed by atoms with Crippen LogP contribution in [0.5, 0.6) is 0 Å². The van der Waals surface area contributed by atoms with Gasteiger partial charge in [-0.25, -0.2) is 4.39 Å². The van der Waals surface area contributed by atoms with Gasteiger partial charge in [0.1, 0.15) is 5.82 Å². The molecule has 0 atom stereocenters. The van der Waals surface area contributed by atoms with Crippen LogP contribution >= 0.6 is 0 Å². The fraction of sp³-hybridized carbons (Fsp3) is 0.0714. The van der Waals surface area contributed by atoms with E-state index in [1.54, 1.807) is 37.4 Å². The predicted octanol–water partition coefficient (Wildman–Crippen LogP) is 3.18. The van der Waals surface area contributed by atoms with Crippen molar-refractivity contribution < 1.29 is 4.39 Å². The lowest BCUT2D eigenvalue weighted by Gasteiger charge is -2.04. The Kier molecular flexibility index (Phi) is 2.70. The minimum absolute atomic E-state index is 0.233. The largest absolute Gasteiger partial charge is 0.255 e. The van der Waals surface area contributed by atoms with E-state index in [0.29, 0.717) is 22.4 Å². The normalized spacial score (nSPS) is 9.81. The van der Waals surface area contributed by atoms with Gasteiger partial charge in [-0.2, -0.15) is 0 Å². The maximum absolute atomic E-state index is 13.8. The third-order valence-electron chi connectivity index (χ3n) is 2.40. The minimum Gasteiger partial charge on any atom is -0.255 e. The number of nitrogens with zero attached hydrogens (tertiary/aromatic N) is 1. The molecule has 2 heteroatoms. The lowest BCUT2D eigenvalue weighted by molar-refractivity contribution is 0.621. The van der Waals surface area contributed by atoms with Crippen molar-refractivity contribution in [2.45, 2.75) is 6.92 Å². The molecule has 1 aromatic heterocycles. The Hall–Kier alpha value is -2.14. The molecule has 2 rings (SSSR count). The first-order valence-corrected chi connectivity index (χ1v) is 4.90. The summed E-state index contributed by atoms with van der Waals surface area (Å²) in [4.78, 5) is 4.14. The zero-order valence-electron chi connectivity index (χ0n) is 8.87. The molecule has 0 bridgehead atoms. The van der Waals surface area contributed by atoms with Gasteiger partial charge < -0.3 is 0 Å². The van der Waals surface area contributed by atoms with Crippen molar-refractivity contribution in [3.8, 4) is 23.6 Å². The lowest BCUT2D eigenvalue weighted by atomic mass is 10.1. The Morgan fingerprint density at radius 2 is 2.06 bits per heavy atom. The molecule has 0 amide bonds. The van der Waals surface area contributed by atoms with E-state index in [1.807, 2.05) is 6.07 Å². The summed E-state index contributed by atoms with van der Waals surface area (Å²) >= 11 is 0. The third kappa shape index (κ3) is 1.80. The number of aryl methyl sites for hydroxylation is 1. The molecule has 0 N–H and O–H groups in total. The van der Waals surface area contributed by atoms with Crippen molar-refractivity contribution >= 4 is 0 Å². The van der Waals surface area contributed by atoms with Crippen LogP contribution in [0.2, 0.25) is 0 Å². The molecule has 16 heavy (non-hydrogen) atoms. The Balaban J connectivity index is 2.51. The average Bonchev–Trinajstić information content (AvgIpc) is 2.33. The summed E-state index contributed by atoms with van der Waals surface area (Å²) in [5, 5.41) is 0. The van der Waals surface area contributed by atoms with Crippen LogP contribution in [0, 0.1) is 25.1 Å². The van der Waals surface area contributed by atoms with E-state index >= 15 is 0 Å². The van der Waals surface area contributed by atoms with E-state index in [9.17, 15) is 4.39 Å². The molecular weight excluding hydrogens is 201 g/mol. The van der Waals surface area contributed by atoms with Crippen molar-refractivity contribution in [2.24, 2.45) is 0 Å². The molecule has 1 heterocycles. The summed E-state index contributed by atoms with van der Waals surface area (Å²) in [5.74, 6) is 2.24. The number of hydrogen-bond acceptors (Lipinski definition) is 1. The van der Waals surface area contributed by atoms with Gasteiger partial charge in [0.25, 0.3) is 0 Å². The van der Waals surface area contributed by atoms with Gasteiger partial charge in [0.05, 0.1) is 5.69 Å². The van der Waals surface area contributed by atoms with Crippen molar-refractivity contribution in [3.63, 3.8) is 0 Å². The third-order valence-corrected chi connectivity index (χ3v) is 2.40. The molecular formula is C14H10FN. The fourth-order valence-electron chi connectivity index (χ4n) is 1.48. The summed E-state index contributed by atoms with van der Waals surface area (Å²) < 4.78 is 13.8. The summed E-state index contributed by atoms with van der Waals surface area (Å²) in [7, 11) is 0. The molecule has 0 unspecified atom stereocenters. The highest BCUT2D eigenvalue weighted by molar-refractivity contribution is 5.61. The summed E-state index contributed by atoms with van der Waals surface area (Å²) in [5.41, 5.74) is 2.40. The van der Waals surface area contributed by atoms with Crippen LogP contribution in [0.25, 0.3) is 11.3 Å². The summed E-state index contributed by atoms with van der Waals surface area (Å²) in [6, 6.07) is 8.73. The standard InChI is InChI=1S/C14H10FN/c1-3-11-7-8-13(16-9-11)12-6-4-5-10(2)14(12)15/h1,4-9H,2H3. The molecule has 1 nitrogen and oxygen atoms in total. The first-order valence-electron chi connectivity index (χ1n) is 4.90. The lowest BCUT2D eigenvalue weighted by Crippen LogP contribution is -1.91. The molecule has 0 saturated heterocycles. The Labute approximate surface area is 94.0 Å². The maximum Gasteiger partial charge on any atom is 0.135 e. The zero-order valence-corrected chi connectivity index (χ0v) is 8.87. The topological polar surface area (TPSA) is 12.9 Å². The van der Waals surface area contributed by atoms with Crippen LogP contribution in [0.3, 0.4) is 0 Å². The second kappa shape index (κ2) is 4.16. The number of benzene rings is 1. The molecule has 2 aromatic rings. The number of pyridine rings is 1. The maximum atomic E-state index is 13.8. The number of rotatable bonds is 1. The number of terminal acetylenes is 1. The molecule has 0 spiro atoms. The molecule has 0 aliphatic heterocycles. The van der Waals surface area contributed by atoms with Crippen LogP contribution < -0.4 is 0 Å². The number of hydrogen-bond donors (Lipinski definition) is 0. The van der Waals surface area contributed by atoms with E-state index in [0.717, 1.165) is 0 Å². The molecule has 0 aliphatic rings. The predicted molar refractivity (Wildman–Crippen MR) is 62.3 cm³/mol. The molecule has 78 valence electrons. The van der Waals surface area contributed by atoms with Gasteiger partial charge in [0.2, 0.25) is 0 Å². The quantitative estimate of drug-likeness (QED) is 0.660. The van der Waals surface area contributed by atoms with Gasteiger partial charge in [0.15, 0.2) is 0 Å². The molecule has 1 aromatic carbocycles. The SMILES string of the molecule is C#Cc1ccc(-c2cccc(C)c2F)nc1. The zero-order chi connectivity index (χ0) is 11.5. The second-order valence-electron chi connectivity index (χ2n) is 3.51. The van der Waals surface area contributed by atoms with E-state index in [2.05, 4.69) is 10.9 Å². The van der Waals surface area contributed by atoms with Crippen molar-refractivity contribution in [1.82, 2.24) is 4.98 Å². The molecule has 0 aliphatic carbocycles. The molecule has 0 radical (unpaired) electrons. The summed E-state index contributed by atoms with van der Waals surface area (Å²) in [6.45, 7) is 1.73. The van der Waals surface area contributed by atoms with E-state index in [4.69, 9.17) is 6.42 Å². The van der Waals surface area contributed by atoms with Crippen molar-refractivity contribution in [1.29, 1.82) is 0 Å². The van der Waals surface area contributed by atoms with E-state index in [1.165, 1.54) is 0 Å². The van der Waals surface area contributed by atoms with Crippen LogP contribution in [0.4, 0.5) is 4.39 Å². The van der Waals surface area contributed by atoms with Gasteiger partial charge in [0, 0.05) is 17.3 Å². The number of halogens is 1. The van der Waals surface area contributed by atoms with Gasteiger partial charge in [-0.3, -0.25) is 4.98 Å². The van der Waals surface area contributed by atoms with Crippen molar-refractivity contribution in [3.05, 3.63) is 53.5 Å². The highest BCUT2D eigenvalue weighted by Crippen LogP contribution is 2.22. The summed E-state index contributed by atoms with van der Waals surface area (Å²) in [6.07, 6.45) is 6.80. The Bertz CT molecular complexity index is 550.